The highest BCUT2D eigenvalue weighted by Gasteiger charge is 2.22. The Morgan fingerprint density at radius 1 is 1.15 bits per heavy atom. The number of halogens is 1. The minimum absolute atomic E-state index is 0.0626. The number of nitrogens with zero attached hydrogens (tertiary/aromatic N) is 4. The summed E-state index contributed by atoms with van der Waals surface area (Å²) in [4.78, 5) is 22.7. The van der Waals surface area contributed by atoms with Crippen LogP contribution in [0.5, 0.6) is 11.5 Å². The molecule has 0 aliphatic rings. The molecule has 0 atom stereocenters. The summed E-state index contributed by atoms with van der Waals surface area (Å²) in [6.45, 7) is 0.258. The molecule has 4 rings (SSSR count). The standard InChI is InChI=1S/C23H21FN4O5/c1-28(23(29)21-22(32-14-25-21)15-7-9-16(30-2)10-8-15)12-11-19-26-20(33-27-19)13-31-18-6-4-3-5-17(18)24/h3-10,14H,11-13H2,1-2H3. The molecule has 0 bridgehead atoms. The van der Waals surface area contributed by atoms with Gasteiger partial charge >= 0.3 is 0 Å². The fourth-order valence-electron chi connectivity index (χ4n) is 3.05. The number of ether oxygens (including phenoxy) is 2. The first-order valence-corrected chi connectivity index (χ1v) is 10.1. The van der Waals surface area contributed by atoms with E-state index < -0.39 is 5.82 Å². The van der Waals surface area contributed by atoms with Crippen molar-refractivity contribution in [1.29, 1.82) is 0 Å². The summed E-state index contributed by atoms with van der Waals surface area (Å²) in [6.07, 6.45) is 1.59. The van der Waals surface area contributed by atoms with E-state index in [1.807, 2.05) is 0 Å². The van der Waals surface area contributed by atoms with Gasteiger partial charge in [0.1, 0.15) is 5.75 Å². The highest BCUT2D eigenvalue weighted by atomic mass is 19.1. The van der Waals surface area contributed by atoms with E-state index in [1.165, 1.54) is 23.4 Å². The SMILES string of the molecule is COc1ccc(-c2ocnc2C(=O)N(C)CCc2noc(COc3ccccc3F)n2)cc1. The number of rotatable bonds is 9. The van der Waals surface area contributed by atoms with Gasteiger partial charge in [0.2, 0.25) is 0 Å². The molecule has 4 aromatic rings. The first kappa shape index (κ1) is 22.0. The Morgan fingerprint density at radius 3 is 2.70 bits per heavy atom. The lowest BCUT2D eigenvalue weighted by Crippen LogP contribution is -2.29. The van der Waals surface area contributed by atoms with Gasteiger partial charge in [0.05, 0.1) is 7.11 Å². The third-order valence-corrected chi connectivity index (χ3v) is 4.84. The van der Waals surface area contributed by atoms with E-state index in [1.54, 1.807) is 50.6 Å². The Labute approximate surface area is 188 Å². The molecule has 0 radical (unpaired) electrons. The summed E-state index contributed by atoms with van der Waals surface area (Å²) in [6, 6.07) is 13.2. The van der Waals surface area contributed by atoms with E-state index in [2.05, 4.69) is 15.1 Å². The average Bonchev–Trinajstić information content (AvgIpc) is 3.51. The molecule has 0 aliphatic heterocycles. The Balaban J connectivity index is 1.34. The third-order valence-electron chi connectivity index (χ3n) is 4.84. The molecule has 2 heterocycles. The molecule has 2 aromatic heterocycles. The number of likely N-dealkylation sites (N-methyl/N-ethyl adjacent to an activating group) is 1. The summed E-state index contributed by atoms with van der Waals surface area (Å²) < 4.78 is 34.7. The zero-order valence-corrected chi connectivity index (χ0v) is 18.0. The van der Waals surface area contributed by atoms with Crippen molar-refractivity contribution in [3.63, 3.8) is 0 Å². The summed E-state index contributed by atoms with van der Waals surface area (Å²) in [5, 5.41) is 3.88. The molecule has 0 unspecified atom stereocenters. The smallest absolute Gasteiger partial charge is 0.276 e. The Hall–Kier alpha value is -4.21. The van der Waals surface area contributed by atoms with Crippen LogP contribution in [0, 0.1) is 5.82 Å². The number of amides is 1. The number of carbonyl (C=O) groups is 1. The minimum Gasteiger partial charge on any atom is -0.497 e. The molecule has 0 N–H and O–H groups in total. The molecule has 0 aliphatic carbocycles. The van der Waals surface area contributed by atoms with Crippen LogP contribution in [0.15, 0.2) is 63.9 Å². The second-order valence-corrected chi connectivity index (χ2v) is 7.06. The molecule has 0 saturated carbocycles. The molecule has 0 spiro atoms. The minimum atomic E-state index is -0.473. The van der Waals surface area contributed by atoms with Gasteiger partial charge in [0.25, 0.3) is 11.8 Å². The van der Waals surface area contributed by atoms with Gasteiger partial charge < -0.3 is 23.3 Å². The van der Waals surface area contributed by atoms with Crippen LogP contribution in [0.25, 0.3) is 11.3 Å². The van der Waals surface area contributed by atoms with Crippen LogP contribution in [0.3, 0.4) is 0 Å². The average molecular weight is 452 g/mol. The molecule has 9 nitrogen and oxygen atoms in total. The van der Waals surface area contributed by atoms with Gasteiger partial charge in [-0.05, 0) is 36.4 Å². The predicted octanol–water partition coefficient (Wildman–Crippen LogP) is 3.77. The van der Waals surface area contributed by atoms with Crippen LogP contribution < -0.4 is 9.47 Å². The van der Waals surface area contributed by atoms with Gasteiger partial charge in [-0.2, -0.15) is 4.98 Å². The van der Waals surface area contributed by atoms with Crippen molar-refractivity contribution in [2.24, 2.45) is 0 Å². The third kappa shape index (κ3) is 5.17. The highest BCUT2D eigenvalue weighted by Crippen LogP contribution is 2.26. The number of hydrogen-bond donors (Lipinski definition) is 0. The van der Waals surface area contributed by atoms with E-state index >= 15 is 0 Å². The fourth-order valence-corrected chi connectivity index (χ4v) is 3.05. The number of hydrogen-bond acceptors (Lipinski definition) is 8. The molecule has 0 saturated heterocycles. The Morgan fingerprint density at radius 2 is 1.94 bits per heavy atom. The van der Waals surface area contributed by atoms with E-state index in [-0.39, 0.29) is 29.8 Å². The lowest BCUT2D eigenvalue weighted by atomic mass is 10.1. The summed E-state index contributed by atoms with van der Waals surface area (Å²) in [7, 11) is 3.23. The molecule has 2 aromatic carbocycles. The van der Waals surface area contributed by atoms with Crippen LogP contribution in [0.2, 0.25) is 0 Å². The first-order valence-electron chi connectivity index (χ1n) is 10.1. The number of benzene rings is 2. The van der Waals surface area contributed by atoms with Gasteiger partial charge in [-0.15, -0.1) is 0 Å². The molecular weight excluding hydrogens is 431 g/mol. The van der Waals surface area contributed by atoms with Gasteiger partial charge in [-0.25, -0.2) is 9.37 Å². The maximum absolute atomic E-state index is 13.6. The topological polar surface area (TPSA) is 104 Å². The number of oxazole rings is 1. The van der Waals surface area contributed by atoms with Gasteiger partial charge in [0, 0.05) is 25.6 Å². The van der Waals surface area contributed by atoms with Crippen molar-refractivity contribution in [2.75, 3.05) is 20.7 Å². The summed E-state index contributed by atoms with van der Waals surface area (Å²) >= 11 is 0. The summed E-state index contributed by atoms with van der Waals surface area (Å²) in [5.74, 6) is 1.00. The first-order chi connectivity index (χ1) is 16.0. The Kier molecular flexibility index (Phi) is 6.63. The van der Waals surface area contributed by atoms with Crippen LogP contribution in [-0.4, -0.2) is 46.6 Å². The Bertz CT molecular complexity index is 1220. The highest BCUT2D eigenvalue weighted by molar-refractivity contribution is 5.97. The van der Waals surface area contributed by atoms with E-state index in [9.17, 15) is 9.18 Å². The fraction of sp³-hybridized carbons (Fsp3) is 0.217. The van der Waals surface area contributed by atoms with Crippen molar-refractivity contribution >= 4 is 5.91 Å². The quantitative estimate of drug-likeness (QED) is 0.378. The van der Waals surface area contributed by atoms with Crippen molar-refractivity contribution in [3.8, 4) is 22.8 Å². The summed E-state index contributed by atoms with van der Waals surface area (Å²) in [5.41, 5.74) is 0.914. The zero-order chi connectivity index (χ0) is 23.2. The van der Waals surface area contributed by atoms with Crippen LogP contribution in [0.4, 0.5) is 4.39 Å². The van der Waals surface area contributed by atoms with Crippen molar-refractivity contribution in [1.82, 2.24) is 20.0 Å². The van der Waals surface area contributed by atoms with Crippen LogP contribution in [-0.2, 0) is 13.0 Å². The number of methoxy groups -OCH3 is 1. The molecule has 33 heavy (non-hydrogen) atoms. The van der Waals surface area contributed by atoms with Gasteiger partial charge in [-0.1, -0.05) is 17.3 Å². The zero-order valence-electron chi connectivity index (χ0n) is 18.0. The van der Waals surface area contributed by atoms with E-state index in [4.69, 9.17) is 18.4 Å². The normalized spacial score (nSPS) is 10.8. The number of aromatic nitrogens is 3. The van der Waals surface area contributed by atoms with E-state index in [0.717, 1.165) is 0 Å². The number of para-hydroxylation sites is 1. The van der Waals surface area contributed by atoms with Crippen molar-refractivity contribution < 1.29 is 27.6 Å². The lowest BCUT2D eigenvalue weighted by molar-refractivity contribution is 0.0791. The maximum atomic E-state index is 13.6. The van der Waals surface area contributed by atoms with Crippen LogP contribution in [0.1, 0.15) is 22.2 Å². The predicted molar refractivity (Wildman–Crippen MR) is 114 cm³/mol. The maximum Gasteiger partial charge on any atom is 0.276 e. The second kappa shape index (κ2) is 9.94. The van der Waals surface area contributed by atoms with Crippen LogP contribution >= 0.6 is 0 Å². The van der Waals surface area contributed by atoms with Gasteiger partial charge in [0.15, 0.2) is 41.8 Å². The lowest BCUT2D eigenvalue weighted by Gasteiger charge is -2.15. The molecule has 0 fully saturated rings. The molecule has 1 amide bonds. The molecule has 170 valence electrons. The largest absolute Gasteiger partial charge is 0.497 e. The van der Waals surface area contributed by atoms with E-state index in [0.29, 0.717) is 35.9 Å². The monoisotopic (exact) mass is 452 g/mol. The second-order valence-electron chi connectivity index (χ2n) is 7.06. The van der Waals surface area contributed by atoms with Crippen molar-refractivity contribution in [3.05, 3.63) is 78.2 Å². The number of carbonyl (C=O) groups excluding carboxylic acids is 1. The van der Waals surface area contributed by atoms with Gasteiger partial charge in [-0.3, -0.25) is 4.79 Å². The molecular formula is C23H21FN4O5. The van der Waals surface area contributed by atoms with Crippen molar-refractivity contribution in [2.45, 2.75) is 13.0 Å². The molecule has 10 heteroatoms.